The molecule has 2 unspecified atom stereocenters. The molecule has 2 aliphatic rings. The lowest BCUT2D eigenvalue weighted by atomic mass is 9.92. The smallest absolute Gasteiger partial charge is 0.219 e. The molecule has 86 valence electrons. The molecule has 0 N–H and O–H groups in total. The summed E-state index contributed by atoms with van der Waals surface area (Å²) in [4.78, 5) is 13.8. The molecule has 1 amide bonds. The van der Waals surface area contributed by atoms with Crippen LogP contribution in [-0.4, -0.2) is 33.4 Å². The Morgan fingerprint density at radius 3 is 2.67 bits per heavy atom. The molecule has 2 fully saturated rings. The molecule has 0 spiro atoms. The molecule has 15 heavy (non-hydrogen) atoms. The Balaban J connectivity index is 2.17. The minimum Gasteiger partial charge on any atom is -0.337 e. The SMILES string of the molecule is CC(=O)N1CC(C)(C)SC2CCCCC21. The molecule has 1 aliphatic carbocycles. The van der Waals surface area contributed by atoms with Crippen molar-refractivity contribution in [1.82, 2.24) is 4.90 Å². The zero-order valence-corrected chi connectivity index (χ0v) is 10.8. The van der Waals surface area contributed by atoms with Crippen LogP contribution < -0.4 is 0 Å². The van der Waals surface area contributed by atoms with Gasteiger partial charge in [-0.05, 0) is 26.7 Å². The van der Waals surface area contributed by atoms with Crippen LogP contribution in [0.25, 0.3) is 0 Å². The Hall–Kier alpha value is -0.180. The van der Waals surface area contributed by atoms with Gasteiger partial charge in [0.2, 0.25) is 5.91 Å². The number of carbonyl (C=O) groups excluding carboxylic acids is 1. The third-order valence-corrected chi connectivity index (χ3v) is 5.11. The van der Waals surface area contributed by atoms with E-state index in [9.17, 15) is 4.79 Å². The van der Waals surface area contributed by atoms with Gasteiger partial charge in [0.15, 0.2) is 0 Å². The number of fused-ring (bicyclic) bond motifs is 1. The van der Waals surface area contributed by atoms with E-state index in [1.807, 2.05) is 0 Å². The van der Waals surface area contributed by atoms with Crippen LogP contribution in [0.2, 0.25) is 0 Å². The predicted octanol–water partition coefficient (Wildman–Crippen LogP) is 2.67. The van der Waals surface area contributed by atoms with Gasteiger partial charge in [-0.1, -0.05) is 12.8 Å². The number of amides is 1. The summed E-state index contributed by atoms with van der Waals surface area (Å²) in [5.41, 5.74) is 0. The standard InChI is InChI=1S/C12H21NOS/c1-9(14)13-8-12(2,3)15-11-7-5-4-6-10(11)13/h10-11H,4-8H2,1-3H3. The Morgan fingerprint density at radius 1 is 1.33 bits per heavy atom. The van der Waals surface area contributed by atoms with E-state index >= 15 is 0 Å². The number of hydrogen-bond acceptors (Lipinski definition) is 2. The zero-order valence-electron chi connectivity index (χ0n) is 9.95. The lowest BCUT2D eigenvalue weighted by molar-refractivity contribution is -0.132. The van der Waals surface area contributed by atoms with Crippen molar-refractivity contribution in [3.63, 3.8) is 0 Å². The third kappa shape index (κ3) is 2.32. The molecule has 0 bridgehead atoms. The van der Waals surface area contributed by atoms with Gasteiger partial charge in [0.1, 0.15) is 0 Å². The predicted molar refractivity (Wildman–Crippen MR) is 65.1 cm³/mol. The second-order valence-corrected chi connectivity index (χ2v) is 7.36. The van der Waals surface area contributed by atoms with Crippen molar-refractivity contribution in [3.05, 3.63) is 0 Å². The van der Waals surface area contributed by atoms with Crippen LogP contribution >= 0.6 is 11.8 Å². The molecule has 2 nitrogen and oxygen atoms in total. The van der Waals surface area contributed by atoms with E-state index in [2.05, 4.69) is 30.5 Å². The first-order valence-corrected chi connectivity index (χ1v) is 6.83. The molecule has 0 radical (unpaired) electrons. The summed E-state index contributed by atoms with van der Waals surface area (Å²) in [6, 6.07) is 0.522. The van der Waals surface area contributed by atoms with Crippen LogP contribution in [-0.2, 0) is 4.79 Å². The maximum absolute atomic E-state index is 11.7. The average molecular weight is 227 g/mol. The molecule has 1 aliphatic heterocycles. The fourth-order valence-corrected chi connectivity index (χ4v) is 4.65. The molecule has 1 saturated carbocycles. The Labute approximate surface area is 96.8 Å². The van der Waals surface area contributed by atoms with E-state index < -0.39 is 0 Å². The number of thioether (sulfide) groups is 1. The van der Waals surface area contributed by atoms with E-state index in [-0.39, 0.29) is 10.7 Å². The Kier molecular flexibility index (Phi) is 3.02. The first-order chi connectivity index (χ1) is 6.99. The lowest BCUT2D eigenvalue weighted by Crippen LogP contribution is -2.56. The van der Waals surface area contributed by atoms with Crippen LogP contribution in [0.5, 0.6) is 0 Å². The van der Waals surface area contributed by atoms with Gasteiger partial charge in [-0.25, -0.2) is 0 Å². The normalized spacial score (nSPS) is 34.7. The molecule has 0 aromatic heterocycles. The highest BCUT2D eigenvalue weighted by Gasteiger charge is 2.42. The molecular weight excluding hydrogens is 206 g/mol. The number of carbonyl (C=O) groups is 1. The topological polar surface area (TPSA) is 20.3 Å². The van der Waals surface area contributed by atoms with Gasteiger partial charge in [-0.2, -0.15) is 0 Å². The van der Waals surface area contributed by atoms with Crippen LogP contribution in [0.1, 0.15) is 46.5 Å². The summed E-state index contributed by atoms with van der Waals surface area (Å²) in [6.45, 7) is 7.17. The number of nitrogens with zero attached hydrogens (tertiary/aromatic N) is 1. The molecule has 1 saturated heterocycles. The monoisotopic (exact) mass is 227 g/mol. The molecular formula is C12H21NOS. The quantitative estimate of drug-likeness (QED) is 0.634. The first kappa shape index (κ1) is 11.3. The fraction of sp³-hybridized carbons (Fsp3) is 0.917. The van der Waals surface area contributed by atoms with Gasteiger partial charge < -0.3 is 4.90 Å². The minimum atomic E-state index is 0.240. The Bertz CT molecular complexity index is 264. The van der Waals surface area contributed by atoms with Crippen molar-refractivity contribution < 1.29 is 4.79 Å². The van der Waals surface area contributed by atoms with E-state index in [4.69, 9.17) is 0 Å². The third-order valence-electron chi connectivity index (χ3n) is 3.49. The summed E-state index contributed by atoms with van der Waals surface area (Å²) in [6.07, 6.45) is 5.15. The van der Waals surface area contributed by atoms with Crippen LogP contribution in [0.4, 0.5) is 0 Å². The van der Waals surface area contributed by atoms with Crippen molar-refractivity contribution in [3.8, 4) is 0 Å². The summed E-state index contributed by atoms with van der Waals surface area (Å²) in [5, 5.41) is 0.686. The zero-order chi connectivity index (χ0) is 11.1. The van der Waals surface area contributed by atoms with E-state index in [0.717, 1.165) is 6.54 Å². The van der Waals surface area contributed by atoms with Crippen molar-refractivity contribution >= 4 is 17.7 Å². The number of hydrogen-bond donors (Lipinski definition) is 0. The van der Waals surface area contributed by atoms with Gasteiger partial charge >= 0.3 is 0 Å². The number of rotatable bonds is 0. The van der Waals surface area contributed by atoms with Gasteiger partial charge in [-0.3, -0.25) is 4.79 Å². The van der Waals surface area contributed by atoms with Crippen molar-refractivity contribution in [2.45, 2.75) is 62.5 Å². The van der Waals surface area contributed by atoms with Gasteiger partial charge in [0, 0.05) is 29.5 Å². The van der Waals surface area contributed by atoms with Crippen LogP contribution in [0.15, 0.2) is 0 Å². The van der Waals surface area contributed by atoms with Crippen LogP contribution in [0, 0.1) is 0 Å². The second-order valence-electron chi connectivity index (χ2n) is 5.41. The van der Waals surface area contributed by atoms with Crippen molar-refractivity contribution in [2.24, 2.45) is 0 Å². The van der Waals surface area contributed by atoms with Crippen LogP contribution in [0.3, 0.4) is 0 Å². The van der Waals surface area contributed by atoms with E-state index in [1.54, 1.807) is 6.92 Å². The molecule has 0 aromatic rings. The highest BCUT2D eigenvalue weighted by atomic mass is 32.2. The summed E-state index contributed by atoms with van der Waals surface area (Å²) in [7, 11) is 0. The maximum atomic E-state index is 11.7. The average Bonchev–Trinajstić information content (AvgIpc) is 2.14. The molecule has 1 heterocycles. The largest absolute Gasteiger partial charge is 0.337 e. The summed E-state index contributed by atoms with van der Waals surface area (Å²) >= 11 is 2.10. The maximum Gasteiger partial charge on any atom is 0.219 e. The molecule has 2 atom stereocenters. The minimum absolute atomic E-state index is 0.240. The highest BCUT2D eigenvalue weighted by molar-refractivity contribution is 8.01. The second kappa shape index (κ2) is 4.00. The first-order valence-electron chi connectivity index (χ1n) is 5.95. The van der Waals surface area contributed by atoms with Crippen molar-refractivity contribution in [2.75, 3.05) is 6.54 Å². The van der Waals surface area contributed by atoms with E-state index in [0.29, 0.717) is 11.3 Å². The molecule has 3 heteroatoms. The fourth-order valence-electron chi connectivity index (χ4n) is 2.89. The molecule has 2 rings (SSSR count). The molecule has 0 aromatic carbocycles. The lowest BCUT2D eigenvalue weighted by Gasteiger charge is -2.49. The summed E-state index contributed by atoms with van der Waals surface area (Å²) < 4.78 is 0.240. The summed E-state index contributed by atoms with van der Waals surface area (Å²) in [5.74, 6) is 0.264. The van der Waals surface area contributed by atoms with Crippen molar-refractivity contribution in [1.29, 1.82) is 0 Å². The van der Waals surface area contributed by atoms with E-state index in [1.165, 1.54) is 25.7 Å². The van der Waals surface area contributed by atoms with Gasteiger partial charge in [0.25, 0.3) is 0 Å². The Morgan fingerprint density at radius 2 is 2.00 bits per heavy atom. The highest BCUT2D eigenvalue weighted by Crippen LogP contribution is 2.43. The van der Waals surface area contributed by atoms with Gasteiger partial charge in [0.05, 0.1) is 0 Å². The van der Waals surface area contributed by atoms with Gasteiger partial charge in [-0.15, -0.1) is 11.8 Å².